The molecule has 1 aliphatic rings. The summed E-state index contributed by atoms with van der Waals surface area (Å²) < 4.78 is 22.8. The SMILES string of the molecule is CNC1CCCN(C(=O)c2cc(CS(C)(=O)=O)c(C)s2)C1. The van der Waals surface area contributed by atoms with Crippen LogP contribution in [-0.2, 0) is 15.6 Å². The summed E-state index contributed by atoms with van der Waals surface area (Å²) in [5.41, 5.74) is 0.744. The van der Waals surface area contributed by atoms with Gasteiger partial charge >= 0.3 is 0 Å². The Morgan fingerprint density at radius 2 is 2.24 bits per heavy atom. The van der Waals surface area contributed by atoms with Crippen molar-refractivity contribution in [3.8, 4) is 0 Å². The molecule has 0 radical (unpaired) electrons. The first-order chi connectivity index (χ1) is 9.80. The molecule has 1 aromatic rings. The predicted octanol–water partition coefficient (Wildman–Crippen LogP) is 1.43. The molecule has 1 fully saturated rings. The Morgan fingerprint density at radius 3 is 2.86 bits per heavy atom. The number of hydrogen-bond donors (Lipinski definition) is 1. The lowest BCUT2D eigenvalue weighted by molar-refractivity contribution is 0.0703. The summed E-state index contributed by atoms with van der Waals surface area (Å²) in [6.45, 7) is 3.36. The van der Waals surface area contributed by atoms with Gasteiger partial charge in [-0.1, -0.05) is 0 Å². The van der Waals surface area contributed by atoms with Crippen molar-refractivity contribution in [2.75, 3.05) is 26.4 Å². The minimum atomic E-state index is -3.08. The number of carbonyl (C=O) groups excluding carboxylic acids is 1. The first-order valence-corrected chi connectivity index (χ1v) is 9.91. The van der Waals surface area contributed by atoms with Gasteiger partial charge in [0.1, 0.15) is 0 Å². The van der Waals surface area contributed by atoms with Crippen molar-refractivity contribution in [2.45, 2.75) is 31.6 Å². The second-order valence-corrected chi connectivity index (χ2v) is 9.04. The van der Waals surface area contributed by atoms with Gasteiger partial charge in [0.05, 0.1) is 10.6 Å². The molecule has 2 rings (SSSR count). The van der Waals surface area contributed by atoms with Gasteiger partial charge in [-0.15, -0.1) is 11.3 Å². The Labute approximate surface area is 130 Å². The van der Waals surface area contributed by atoms with Crippen LogP contribution in [0.5, 0.6) is 0 Å². The van der Waals surface area contributed by atoms with E-state index in [1.807, 2.05) is 18.9 Å². The normalized spacial score (nSPS) is 19.8. The Hall–Kier alpha value is -0.920. The maximum Gasteiger partial charge on any atom is 0.263 e. The summed E-state index contributed by atoms with van der Waals surface area (Å²) in [5, 5.41) is 3.22. The zero-order valence-corrected chi connectivity index (χ0v) is 14.3. The van der Waals surface area contributed by atoms with Crippen LogP contribution in [0.1, 0.15) is 33.0 Å². The van der Waals surface area contributed by atoms with Crippen molar-refractivity contribution in [1.82, 2.24) is 10.2 Å². The second-order valence-electron chi connectivity index (χ2n) is 5.64. The molecule has 2 heterocycles. The highest BCUT2D eigenvalue weighted by atomic mass is 32.2. The molecule has 1 atom stereocenters. The molecule has 1 aromatic heterocycles. The molecule has 1 saturated heterocycles. The molecular formula is C14H22N2O3S2. The molecule has 7 heteroatoms. The number of likely N-dealkylation sites (N-methyl/N-ethyl adjacent to an activating group) is 1. The molecule has 21 heavy (non-hydrogen) atoms. The topological polar surface area (TPSA) is 66.5 Å². The van der Waals surface area contributed by atoms with E-state index in [2.05, 4.69) is 5.32 Å². The van der Waals surface area contributed by atoms with Crippen LogP contribution in [0.15, 0.2) is 6.07 Å². The van der Waals surface area contributed by atoms with E-state index >= 15 is 0 Å². The Kier molecular flexibility index (Phi) is 5.06. The van der Waals surface area contributed by atoms with Gasteiger partial charge in [-0.05, 0) is 38.4 Å². The molecular weight excluding hydrogens is 308 g/mol. The molecule has 0 saturated carbocycles. The van der Waals surface area contributed by atoms with E-state index in [9.17, 15) is 13.2 Å². The summed E-state index contributed by atoms with van der Waals surface area (Å²) in [6.07, 6.45) is 3.30. The highest BCUT2D eigenvalue weighted by Crippen LogP contribution is 2.25. The highest BCUT2D eigenvalue weighted by Gasteiger charge is 2.25. The Morgan fingerprint density at radius 1 is 1.52 bits per heavy atom. The molecule has 1 amide bonds. The van der Waals surface area contributed by atoms with Crippen LogP contribution in [0, 0.1) is 6.92 Å². The third-order valence-electron chi connectivity index (χ3n) is 3.77. The summed E-state index contributed by atoms with van der Waals surface area (Å²) in [4.78, 5) is 16.0. The molecule has 0 bridgehead atoms. The monoisotopic (exact) mass is 330 g/mol. The van der Waals surface area contributed by atoms with E-state index < -0.39 is 9.84 Å². The third-order valence-corrected chi connectivity index (χ3v) is 5.68. The number of aryl methyl sites for hydroxylation is 1. The lowest BCUT2D eigenvalue weighted by Crippen LogP contribution is -2.46. The highest BCUT2D eigenvalue weighted by molar-refractivity contribution is 7.89. The summed E-state index contributed by atoms with van der Waals surface area (Å²) in [6, 6.07) is 2.09. The molecule has 1 unspecified atom stereocenters. The standard InChI is InChI=1S/C14H22N2O3S2/c1-10-11(9-21(3,18)19)7-13(20-10)14(17)16-6-4-5-12(8-16)15-2/h7,12,15H,4-6,8-9H2,1-3H3. The van der Waals surface area contributed by atoms with Gasteiger partial charge in [-0.3, -0.25) is 4.79 Å². The fraction of sp³-hybridized carbons (Fsp3) is 0.643. The molecule has 5 nitrogen and oxygen atoms in total. The number of thiophene rings is 1. The van der Waals surface area contributed by atoms with Crippen LogP contribution in [0.3, 0.4) is 0 Å². The molecule has 1 aliphatic heterocycles. The van der Waals surface area contributed by atoms with Crippen LogP contribution < -0.4 is 5.32 Å². The van der Waals surface area contributed by atoms with Gasteiger partial charge in [-0.2, -0.15) is 0 Å². The predicted molar refractivity (Wildman–Crippen MR) is 85.6 cm³/mol. The Bertz CT molecular complexity index is 622. The summed E-state index contributed by atoms with van der Waals surface area (Å²) >= 11 is 1.39. The van der Waals surface area contributed by atoms with E-state index in [0.717, 1.165) is 29.8 Å². The summed E-state index contributed by atoms with van der Waals surface area (Å²) in [7, 11) is -1.16. The molecule has 118 valence electrons. The van der Waals surface area contributed by atoms with E-state index in [1.165, 1.54) is 17.6 Å². The van der Waals surface area contributed by atoms with Crippen molar-refractivity contribution in [3.63, 3.8) is 0 Å². The fourth-order valence-electron chi connectivity index (χ4n) is 2.60. The quantitative estimate of drug-likeness (QED) is 0.907. The van der Waals surface area contributed by atoms with Gasteiger partial charge in [0, 0.05) is 30.3 Å². The van der Waals surface area contributed by atoms with Crippen molar-refractivity contribution >= 4 is 27.1 Å². The number of rotatable bonds is 4. The maximum atomic E-state index is 12.6. The smallest absolute Gasteiger partial charge is 0.263 e. The average molecular weight is 330 g/mol. The van der Waals surface area contributed by atoms with E-state index in [1.54, 1.807) is 6.07 Å². The molecule has 0 aromatic carbocycles. The minimum Gasteiger partial charge on any atom is -0.336 e. The largest absolute Gasteiger partial charge is 0.336 e. The van der Waals surface area contributed by atoms with E-state index in [4.69, 9.17) is 0 Å². The van der Waals surface area contributed by atoms with E-state index in [0.29, 0.717) is 17.5 Å². The van der Waals surface area contributed by atoms with Gasteiger partial charge in [0.25, 0.3) is 5.91 Å². The maximum absolute atomic E-state index is 12.6. The zero-order chi connectivity index (χ0) is 15.6. The third kappa shape index (κ3) is 4.28. The van der Waals surface area contributed by atoms with E-state index in [-0.39, 0.29) is 11.7 Å². The Balaban J connectivity index is 2.14. The number of sulfone groups is 1. The number of amides is 1. The van der Waals surface area contributed by atoms with Crippen LogP contribution in [0.4, 0.5) is 0 Å². The number of hydrogen-bond acceptors (Lipinski definition) is 5. The lowest BCUT2D eigenvalue weighted by atomic mass is 10.1. The molecule has 1 N–H and O–H groups in total. The van der Waals surface area contributed by atoms with Gasteiger partial charge < -0.3 is 10.2 Å². The first-order valence-electron chi connectivity index (χ1n) is 7.03. The first kappa shape index (κ1) is 16.5. The van der Waals surface area contributed by atoms with Gasteiger partial charge in [-0.25, -0.2) is 8.42 Å². The van der Waals surface area contributed by atoms with Gasteiger partial charge in [0.15, 0.2) is 9.84 Å². The summed E-state index contributed by atoms with van der Waals surface area (Å²) in [5.74, 6) is 0.0182. The van der Waals surface area contributed by atoms with Crippen molar-refractivity contribution in [3.05, 3.63) is 21.4 Å². The van der Waals surface area contributed by atoms with Crippen molar-refractivity contribution in [2.24, 2.45) is 0 Å². The number of carbonyl (C=O) groups is 1. The van der Waals surface area contributed by atoms with Crippen molar-refractivity contribution < 1.29 is 13.2 Å². The number of nitrogens with one attached hydrogen (secondary N) is 1. The number of likely N-dealkylation sites (tertiary alicyclic amines) is 1. The van der Waals surface area contributed by atoms with Crippen LogP contribution in [0.2, 0.25) is 0 Å². The van der Waals surface area contributed by atoms with Crippen LogP contribution >= 0.6 is 11.3 Å². The lowest BCUT2D eigenvalue weighted by Gasteiger charge is -2.32. The van der Waals surface area contributed by atoms with Crippen molar-refractivity contribution in [1.29, 1.82) is 0 Å². The van der Waals surface area contributed by atoms with Gasteiger partial charge in [0.2, 0.25) is 0 Å². The fourth-order valence-corrected chi connectivity index (χ4v) is 4.57. The average Bonchev–Trinajstić information content (AvgIpc) is 2.77. The minimum absolute atomic E-state index is 0.00174. The van der Waals surface area contributed by atoms with Crippen LogP contribution in [0.25, 0.3) is 0 Å². The second kappa shape index (κ2) is 6.46. The number of piperidine rings is 1. The molecule has 0 spiro atoms. The van der Waals surface area contributed by atoms with Crippen LogP contribution in [-0.4, -0.2) is 51.7 Å². The number of nitrogens with zero attached hydrogens (tertiary/aromatic N) is 1. The zero-order valence-electron chi connectivity index (χ0n) is 12.7. The molecule has 0 aliphatic carbocycles.